The molecule has 0 radical (unpaired) electrons. The molecular formula is C8H14N4O2. The van der Waals surface area contributed by atoms with Crippen molar-refractivity contribution in [2.45, 2.75) is 13.1 Å². The lowest BCUT2D eigenvalue weighted by Crippen LogP contribution is -2.34. The van der Waals surface area contributed by atoms with Crippen molar-refractivity contribution in [2.75, 3.05) is 13.6 Å². The summed E-state index contributed by atoms with van der Waals surface area (Å²) in [5.74, 6) is 0. The zero-order valence-electron chi connectivity index (χ0n) is 8.04. The average molecular weight is 198 g/mol. The van der Waals surface area contributed by atoms with Crippen LogP contribution in [0.3, 0.4) is 0 Å². The van der Waals surface area contributed by atoms with E-state index in [-0.39, 0.29) is 6.54 Å². The minimum absolute atomic E-state index is 0.134. The second-order valence-electron chi connectivity index (χ2n) is 2.91. The van der Waals surface area contributed by atoms with Gasteiger partial charge in [-0.3, -0.25) is 14.3 Å². The predicted octanol–water partition coefficient (Wildman–Crippen LogP) is -1.79. The van der Waals surface area contributed by atoms with Crippen molar-refractivity contribution in [1.82, 2.24) is 14.9 Å². The molecule has 0 amide bonds. The molecule has 0 fully saturated rings. The van der Waals surface area contributed by atoms with E-state index in [2.05, 4.69) is 10.3 Å². The number of H-pyrrole nitrogens is 1. The third-order valence-corrected chi connectivity index (χ3v) is 1.91. The van der Waals surface area contributed by atoms with Gasteiger partial charge in [-0.1, -0.05) is 0 Å². The molecule has 0 saturated carbocycles. The van der Waals surface area contributed by atoms with Crippen LogP contribution in [-0.2, 0) is 13.1 Å². The Hall–Kier alpha value is -1.40. The van der Waals surface area contributed by atoms with E-state index in [4.69, 9.17) is 5.73 Å². The monoisotopic (exact) mass is 198 g/mol. The molecule has 0 spiro atoms. The van der Waals surface area contributed by atoms with Gasteiger partial charge < -0.3 is 11.1 Å². The van der Waals surface area contributed by atoms with Crippen LogP contribution < -0.4 is 22.3 Å². The van der Waals surface area contributed by atoms with Crippen LogP contribution in [0, 0.1) is 0 Å². The van der Waals surface area contributed by atoms with Crippen LogP contribution in [0.1, 0.15) is 5.56 Å². The topological polar surface area (TPSA) is 92.9 Å². The smallest absolute Gasteiger partial charge is 0.326 e. The number of nitrogens with one attached hydrogen (secondary N) is 2. The molecule has 0 aliphatic rings. The SMILES string of the molecule is CNCCn1cc(CN)c(=O)[nH]c1=O. The Labute approximate surface area is 80.8 Å². The number of hydrogen-bond acceptors (Lipinski definition) is 4. The van der Waals surface area contributed by atoms with Crippen molar-refractivity contribution in [3.8, 4) is 0 Å². The minimum Gasteiger partial charge on any atom is -0.326 e. The zero-order valence-corrected chi connectivity index (χ0v) is 8.04. The van der Waals surface area contributed by atoms with Crippen LogP contribution in [0.4, 0.5) is 0 Å². The van der Waals surface area contributed by atoms with Gasteiger partial charge in [-0.15, -0.1) is 0 Å². The fourth-order valence-electron chi connectivity index (χ4n) is 1.10. The highest BCUT2D eigenvalue weighted by Crippen LogP contribution is 1.84. The van der Waals surface area contributed by atoms with Crippen molar-refractivity contribution in [3.63, 3.8) is 0 Å². The Bertz CT molecular complexity index is 407. The molecule has 1 aromatic heterocycles. The van der Waals surface area contributed by atoms with Crippen molar-refractivity contribution >= 4 is 0 Å². The number of aromatic nitrogens is 2. The summed E-state index contributed by atoms with van der Waals surface area (Å²) in [6.45, 7) is 1.31. The van der Waals surface area contributed by atoms with Gasteiger partial charge in [0, 0.05) is 31.4 Å². The number of aromatic amines is 1. The van der Waals surface area contributed by atoms with E-state index in [1.165, 1.54) is 10.8 Å². The van der Waals surface area contributed by atoms with Crippen molar-refractivity contribution in [1.29, 1.82) is 0 Å². The summed E-state index contributed by atoms with van der Waals surface area (Å²) < 4.78 is 1.43. The summed E-state index contributed by atoms with van der Waals surface area (Å²) in [6, 6.07) is 0. The van der Waals surface area contributed by atoms with Crippen molar-refractivity contribution < 1.29 is 0 Å². The fourth-order valence-corrected chi connectivity index (χ4v) is 1.10. The molecule has 78 valence electrons. The average Bonchev–Trinajstić information content (AvgIpc) is 2.17. The second-order valence-corrected chi connectivity index (χ2v) is 2.91. The van der Waals surface area contributed by atoms with Gasteiger partial charge in [0.15, 0.2) is 0 Å². The van der Waals surface area contributed by atoms with E-state index < -0.39 is 11.2 Å². The minimum atomic E-state index is -0.404. The summed E-state index contributed by atoms with van der Waals surface area (Å²) in [7, 11) is 1.79. The van der Waals surface area contributed by atoms with E-state index in [9.17, 15) is 9.59 Å². The van der Waals surface area contributed by atoms with E-state index in [1.54, 1.807) is 7.05 Å². The predicted molar refractivity (Wildman–Crippen MR) is 53.1 cm³/mol. The Morgan fingerprint density at radius 3 is 2.86 bits per heavy atom. The molecule has 0 bridgehead atoms. The number of nitrogens with two attached hydrogens (primary N) is 1. The quantitative estimate of drug-likeness (QED) is 0.533. The van der Waals surface area contributed by atoms with Gasteiger partial charge in [-0.25, -0.2) is 4.79 Å². The van der Waals surface area contributed by atoms with Crippen molar-refractivity contribution in [2.24, 2.45) is 5.73 Å². The molecule has 0 aromatic carbocycles. The maximum Gasteiger partial charge on any atom is 0.328 e. The highest BCUT2D eigenvalue weighted by molar-refractivity contribution is 5.03. The molecule has 0 aliphatic heterocycles. The molecule has 0 aliphatic carbocycles. The lowest BCUT2D eigenvalue weighted by Gasteiger charge is -2.05. The third-order valence-electron chi connectivity index (χ3n) is 1.91. The maximum absolute atomic E-state index is 11.3. The molecule has 1 rings (SSSR count). The molecule has 1 heterocycles. The number of nitrogens with zero attached hydrogens (tertiary/aromatic N) is 1. The molecule has 0 saturated heterocycles. The molecule has 0 atom stereocenters. The maximum atomic E-state index is 11.3. The van der Waals surface area contributed by atoms with Gasteiger partial charge in [-0.2, -0.15) is 0 Å². The molecular weight excluding hydrogens is 184 g/mol. The van der Waals surface area contributed by atoms with Crippen LogP contribution in [0.15, 0.2) is 15.8 Å². The van der Waals surface area contributed by atoms with Crippen LogP contribution in [0.25, 0.3) is 0 Å². The number of likely N-dealkylation sites (N-methyl/N-ethyl adjacent to an activating group) is 1. The molecule has 1 aromatic rings. The summed E-state index contributed by atoms with van der Waals surface area (Å²) >= 11 is 0. The molecule has 14 heavy (non-hydrogen) atoms. The highest BCUT2D eigenvalue weighted by atomic mass is 16.2. The van der Waals surface area contributed by atoms with Crippen molar-refractivity contribution in [3.05, 3.63) is 32.6 Å². The summed E-state index contributed by atoms with van der Waals surface area (Å²) in [4.78, 5) is 24.6. The third kappa shape index (κ3) is 2.30. The van der Waals surface area contributed by atoms with Gasteiger partial charge in [0.2, 0.25) is 0 Å². The molecule has 4 N–H and O–H groups in total. The summed E-state index contributed by atoms with van der Waals surface area (Å²) in [5.41, 5.74) is 4.96. The van der Waals surface area contributed by atoms with Gasteiger partial charge in [0.25, 0.3) is 5.56 Å². The first-order valence-electron chi connectivity index (χ1n) is 4.36. The first kappa shape index (κ1) is 10.7. The highest BCUT2D eigenvalue weighted by Gasteiger charge is 2.01. The zero-order chi connectivity index (χ0) is 10.6. The van der Waals surface area contributed by atoms with Crippen LogP contribution >= 0.6 is 0 Å². The Balaban J connectivity index is 3.05. The number of rotatable bonds is 4. The van der Waals surface area contributed by atoms with Gasteiger partial charge >= 0.3 is 5.69 Å². The lowest BCUT2D eigenvalue weighted by atomic mass is 10.3. The van der Waals surface area contributed by atoms with Crippen LogP contribution in [0.5, 0.6) is 0 Å². The first-order valence-corrected chi connectivity index (χ1v) is 4.36. The van der Waals surface area contributed by atoms with Gasteiger partial charge in [-0.05, 0) is 7.05 Å². The van der Waals surface area contributed by atoms with E-state index in [0.29, 0.717) is 18.7 Å². The molecule has 6 heteroatoms. The van der Waals surface area contributed by atoms with E-state index in [0.717, 1.165) is 0 Å². The summed E-state index contributed by atoms with van der Waals surface area (Å²) in [5, 5.41) is 2.91. The first-order chi connectivity index (χ1) is 6.69. The molecule has 0 unspecified atom stereocenters. The second kappa shape index (κ2) is 4.73. The Morgan fingerprint density at radius 2 is 2.29 bits per heavy atom. The lowest BCUT2D eigenvalue weighted by molar-refractivity contribution is 0.604. The van der Waals surface area contributed by atoms with E-state index in [1.807, 2.05) is 0 Å². The molecule has 6 nitrogen and oxygen atoms in total. The Kier molecular flexibility index (Phi) is 3.61. The van der Waals surface area contributed by atoms with Gasteiger partial charge in [0.05, 0.1) is 0 Å². The number of hydrogen-bond donors (Lipinski definition) is 3. The van der Waals surface area contributed by atoms with Crippen LogP contribution in [0.2, 0.25) is 0 Å². The van der Waals surface area contributed by atoms with Crippen LogP contribution in [-0.4, -0.2) is 23.1 Å². The van der Waals surface area contributed by atoms with E-state index >= 15 is 0 Å². The summed E-state index contributed by atoms with van der Waals surface area (Å²) in [6.07, 6.45) is 1.50. The van der Waals surface area contributed by atoms with Gasteiger partial charge in [0.1, 0.15) is 0 Å². The standard InChI is InChI=1S/C8H14N4O2/c1-10-2-3-12-5-6(4-9)7(13)11-8(12)14/h5,10H,2-4,9H2,1H3,(H,11,13,14). The fraction of sp³-hybridized carbons (Fsp3) is 0.500. The Morgan fingerprint density at radius 1 is 1.57 bits per heavy atom. The largest absolute Gasteiger partial charge is 0.328 e. The normalized spacial score (nSPS) is 10.4.